The summed E-state index contributed by atoms with van der Waals surface area (Å²) in [6.07, 6.45) is -3.57. The Morgan fingerprint density at radius 3 is 2.39 bits per heavy atom. The standard InChI is InChI=1S/C29H36F3N3O3/c1-28(2,3)38-27(36)35-15-13-34(14-16-35)18-21-10-11-22-25(19-7-5-4-6-8-19)33-24-12-9-20(29(30,31)32)17-23(24)26(22)37-21/h4-9,12,17,21-22,25-26,33H,10-11,13-16,18H2,1-3H3/t21-,22+,25+,26+/m1/s1. The van der Waals surface area contributed by atoms with Gasteiger partial charge in [0.1, 0.15) is 5.60 Å². The van der Waals surface area contributed by atoms with E-state index < -0.39 is 23.4 Å². The number of piperazine rings is 1. The van der Waals surface area contributed by atoms with E-state index in [0.29, 0.717) is 44.0 Å². The van der Waals surface area contributed by atoms with Crippen molar-refractivity contribution >= 4 is 11.8 Å². The lowest BCUT2D eigenvalue weighted by molar-refractivity contribution is -0.138. The summed E-state index contributed by atoms with van der Waals surface area (Å²) >= 11 is 0. The van der Waals surface area contributed by atoms with Crippen molar-refractivity contribution in [3.05, 3.63) is 65.2 Å². The highest BCUT2D eigenvalue weighted by molar-refractivity contribution is 5.68. The second-order valence-corrected chi connectivity index (χ2v) is 11.5. The first-order valence-corrected chi connectivity index (χ1v) is 13.4. The molecule has 0 aromatic heterocycles. The lowest BCUT2D eigenvalue weighted by atomic mass is 9.76. The van der Waals surface area contributed by atoms with Gasteiger partial charge in [-0.3, -0.25) is 4.90 Å². The number of carbonyl (C=O) groups excluding carboxylic acids is 1. The molecular formula is C29H36F3N3O3. The molecule has 2 aromatic rings. The average molecular weight is 532 g/mol. The van der Waals surface area contributed by atoms with Gasteiger partial charge in [-0.1, -0.05) is 30.3 Å². The average Bonchev–Trinajstić information content (AvgIpc) is 2.87. The van der Waals surface area contributed by atoms with Crippen LogP contribution in [0.4, 0.5) is 23.7 Å². The van der Waals surface area contributed by atoms with E-state index in [1.807, 2.05) is 39.0 Å². The van der Waals surface area contributed by atoms with Gasteiger partial charge >= 0.3 is 12.3 Å². The molecule has 3 aliphatic heterocycles. The summed E-state index contributed by atoms with van der Waals surface area (Å²) in [6.45, 7) is 8.81. The van der Waals surface area contributed by atoms with E-state index in [1.165, 1.54) is 12.1 Å². The molecule has 3 heterocycles. The SMILES string of the molecule is CC(C)(C)OC(=O)N1CCN(C[C@H]2CC[C@@H]3[C@H](O2)c2cc(C(F)(F)F)ccc2N[C@H]3c2ccccc2)CC1. The Labute approximate surface area is 222 Å². The lowest BCUT2D eigenvalue weighted by Gasteiger charge is -2.47. The highest BCUT2D eigenvalue weighted by Gasteiger charge is 2.44. The number of benzene rings is 2. The highest BCUT2D eigenvalue weighted by Crippen LogP contribution is 2.51. The minimum Gasteiger partial charge on any atom is -0.444 e. The van der Waals surface area contributed by atoms with Crippen LogP contribution in [0, 0.1) is 5.92 Å². The molecule has 3 aliphatic rings. The fourth-order valence-corrected chi connectivity index (χ4v) is 5.78. The zero-order valence-electron chi connectivity index (χ0n) is 22.1. The van der Waals surface area contributed by atoms with Crippen LogP contribution in [0.1, 0.15) is 62.4 Å². The van der Waals surface area contributed by atoms with Crippen LogP contribution in [0.25, 0.3) is 0 Å². The second-order valence-electron chi connectivity index (χ2n) is 11.5. The Morgan fingerprint density at radius 1 is 1.03 bits per heavy atom. The first-order valence-electron chi connectivity index (χ1n) is 13.4. The molecule has 206 valence electrons. The van der Waals surface area contributed by atoms with Gasteiger partial charge in [-0.05, 0) is 57.4 Å². The number of fused-ring (bicyclic) bond motifs is 3. The van der Waals surface area contributed by atoms with Crippen molar-refractivity contribution in [1.82, 2.24) is 9.80 Å². The smallest absolute Gasteiger partial charge is 0.416 e. The number of carbonyl (C=O) groups is 1. The Balaban J connectivity index is 1.30. The lowest BCUT2D eigenvalue weighted by Crippen LogP contribution is -2.52. The normalized spacial score (nSPS) is 26.2. The molecule has 0 spiro atoms. The second kappa shape index (κ2) is 10.4. The molecule has 2 saturated heterocycles. The van der Waals surface area contributed by atoms with Crippen LogP contribution in [-0.2, 0) is 15.7 Å². The minimum atomic E-state index is -4.41. The van der Waals surface area contributed by atoms with E-state index in [1.54, 1.807) is 4.90 Å². The van der Waals surface area contributed by atoms with Crippen LogP contribution < -0.4 is 5.32 Å². The van der Waals surface area contributed by atoms with Gasteiger partial charge in [0.15, 0.2) is 0 Å². The van der Waals surface area contributed by atoms with E-state index in [4.69, 9.17) is 9.47 Å². The van der Waals surface area contributed by atoms with Crippen LogP contribution in [0.15, 0.2) is 48.5 Å². The summed E-state index contributed by atoms with van der Waals surface area (Å²) in [4.78, 5) is 16.4. The van der Waals surface area contributed by atoms with E-state index in [9.17, 15) is 18.0 Å². The molecule has 0 radical (unpaired) electrons. The Bertz CT molecular complexity index is 1130. The maximum Gasteiger partial charge on any atom is 0.416 e. The topological polar surface area (TPSA) is 54.0 Å². The number of hydrogen-bond acceptors (Lipinski definition) is 5. The van der Waals surface area contributed by atoms with E-state index in [0.717, 1.165) is 24.5 Å². The minimum absolute atomic E-state index is 0.0219. The predicted molar refractivity (Wildman–Crippen MR) is 139 cm³/mol. The summed E-state index contributed by atoms with van der Waals surface area (Å²) in [5.74, 6) is 0.0219. The monoisotopic (exact) mass is 531 g/mol. The molecule has 0 unspecified atom stereocenters. The Hall–Kier alpha value is -2.78. The molecule has 1 N–H and O–H groups in total. The maximum atomic E-state index is 13.6. The largest absolute Gasteiger partial charge is 0.444 e. The van der Waals surface area contributed by atoms with Gasteiger partial charge in [-0.25, -0.2) is 4.79 Å². The first-order chi connectivity index (χ1) is 18.0. The number of ether oxygens (including phenoxy) is 2. The van der Waals surface area contributed by atoms with E-state index >= 15 is 0 Å². The summed E-state index contributed by atoms with van der Waals surface area (Å²) < 4.78 is 52.9. The third-order valence-electron chi connectivity index (χ3n) is 7.62. The number of rotatable bonds is 3. The fraction of sp³-hybridized carbons (Fsp3) is 0.552. The Kier molecular flexibility index (Phi) is 7.35. The fourth-order valence-electron chi connectivity index (χ4n) is 5.78. The van der Waals surface area contributed by atoms with E-state index in [2.05, 4.69) is 22.3 Å². The number of amides is 1. The highest BCUT2D eigenvalue weighted by atomic mass is 19.4. The van der Waals surface area contributed by atoms with Gasteiger partial charge in [0.2, 0.25) is 0 Å². The third kappa shape index (κ3) is 5.94. The molecule has 0 aliphatic carbocycles. The van der Waals surface area contributed by atoms with Crippen LogP contribution >= 0.6 is 0 Å². The van der Waals surface area contributed by atoms with Crippen molar-refractivity contribution in [2.75, 3.05) is 38.0 Å². The number of nitrogens with one attached hydrogen (secondary N) is 1. The van der Waals surface area contributed by atoms with Gasteiger partial charge in [0, 0.05) is 49.9 Å². The van der Waals surface area contributed by atoms with Crippen LogP contribution in [-0.4, -0.2) is 60.3 Å². The number of alkyl halides is 3. The zero-order valence-corrected chi connectivity index (χ0v) is 22.1. The molecule has 1 amide bonds. The van der Waals surface area contributed by atoms with Gasteiger partial charge in [-0.2, -0.15) is 13.2 Å². The van der Waals surface area contributed by atoms with Crippen molar-refractivity contribution in [3.63, 3.8) is 0 Å². The van der Waals surface area contributed by atoms with Crippen molar-refractivity contribution < 1.29 is 27.4 Å². The molecule has 6 nitrogen and oxygen atoms in total. The number of anilines is 1. The first kappa shape index (κ1) is 26.8. The Morgan fingerprint density at radius 2 is 1.74 bits per heavy atom. The molecule has 2 fully saturated rings. The number of hydrogen-bond donors (Lipinski definition) is 1. The van der Waals surface area contributed by atoms with Gasteiger partial charge in [0.25, 0.3) is 0 Å². The van der Waals surface area contributed by atoms with E-state index in [-0.39, 0.29) is 24.2 Å². The van der Waals surface area contributed by atoms with Gasteiger partial charge < -0.3 is 19.7 Å². The molecule has 2 aromatic carbocycles. The number of nitrogens with zero attached hydrogens (tertiary/aromatic N) is 2. The van der Waals surface area contributed by atoms with Crippen LogP contribution in [0.5, 0.6) is 0 Å². The molecule has 0 saturated carbocycles. The summed E-state index contributed by atoms with van der Waals surface area (Å²) in [7, 11) is 0. The third-order valence-corrected chi connectivity index (χ3v) is 7.62. The summed E-state index contributed by atoms with van der Waals surface area (Å²) in [5, 5.41) is 3.51. The molecule has 9 heteroatoms. The molecular weight excluding hydrogens is 495 g/mol. The molecule has 0 bridgehead atoms. The van der Waals surface area contributed by atoms with Crippen molar-refractivity contribution in [2.45, 2.75) is 63.6 Å². The quantitative estimate of drug-likeness (QED) is 0.507. The van der Waals surface area contributed by atoms with Crippen LogP contribution in [0.2, 0.25) is 0 Å². The molecule has 38 heavy (non-hydrogen) atoms. The maximum absolute atomic E-state index is 13.6. The van der Waals surface area contributed by atoms with Gasteiger partial charge in [0.05, 0.1) is 23.8 Å². The summed E-state index contributed by atoms with van der Waals surface area (Å²) in [6, 6.07) is 13.9. The van der Waals surface area contributed by atoms with Gasteiger partial charge in [-0.15, -0.1) is 0 Å². The molecule has 5 rings (SSSR count). The van der Waals surface area contributed by atoms with Crippen molar-refractivity contribution in [1.29, 1.82) is 0 Å². The van der Waals surface area contributed by atoms with Crippen LogP contribution in [0.3, 0.4) is 0 Å². The van der Waals surface area contributed by atoms with Crippen molar-refractivity contribution in [2.24, 2.45) is 5.92 Å². The zero-order chi connectivity index (χ0) is 27.1. The number of halogens is 3. The molecule has 4 atom stereocenters. The summed E-state index contributed by atoms with van der Waals surface area (Å²) in [5.41, 5.74) is 1.19. The predicted octanol–water partition coefficient (Wildman–Crippen LogP) is 6.26. The van der Waals surface area contributed by atoms with Crippen molar-refractivity contribution in [3.8, 4) is 0 Å².